The van der Waals surface area contributed by atoms with Crippen LogP contribution in [0.3, 0.4) is 0 Å². The van der Waals surface area contributed by atoms with E-state index in [-0.39, 0.29) is 11.5 Å². The average Bonchev–Trinajstić information content (AvgIpc) is 2.70. The molecule has 29 heavy (non-hydrogen) atoms. The smallest absolute Gasteiger partial charge is 0.275 e. The van der Waals surface area contributed by atoms with Gasteiger partial charge in [0.15, 0.2) is 5.17 Å². The standard InChI is InChI=1S/C21H24FN5OS/c1-3-4-5-6-15-12-25-18(13-24-15)19(28)26-14-7-8-17(22)16(11-14)21(2)9-10-29-20(23)27-21/h5-8,11-13H,3-4,9-10H2,1-2H3,(H2,23,27)(H,26,28)/t21-/m0/s1. The third-order valence-corrected chi connectivity index (χ3v) is 5.44. The van der Waals surface area contributed by atoms with Gasteiger partial charge in [-0.15, -0.1) is 0 Å². The third-order valence-electron chi connectivity index (χ3n) is 4.65. The monoisotopic (exact) mass is 413 g/mol. The summed E-state index contributed by atoms with van der Waals surface area (Å²) in [5.41, 5.74) is 6.83. The summed E-state index contributed by atoms with van der Waals surface area (Å²) >= 11 is 1.46. The molecule has 0 saturated carbocycles. The van der Waals surface area contributed by atoms with E-state index in [1.54, 1.807) is 12.3 Å². The first-order valence-corrected chi connectivity index (χ1v) is 10.5. The van der Waals surface area contributed by atoms with Crippen LogP contribution in [0.25, 0.3) is 6.08 Å². The number of anilines is 1. The fraction of sp³-hybridized carbons (Fsp3) is 0.333. The molecule has 0 spiro atoms. The van der Waals surface area contributed by atoms with Crippen LogP contribution in [0.5, 0.6) is 0 Å². The van der Waals surface area contributed by atoms with Gasteiger partial charge >= 0.3 is 0 Å². The number of amides is 1. The molecule has 1 atom stereocenters. The second-order valence-electron chi connectivity index (χ2n) is 6.99. The zero-order chi connectivity index (χ0) is 20.9. The highest BCUT2D eigenvalue weighted by Gasteiger charge is 2.32. The van der Waals surface area contributed by atoms with Crippen molar-refractivity contribution in [1.29, 1.82) is 0 Å². The molecule has 2 heterocycles. The Morgan fingerprint density at radius 3 is 2.90 bits per heavy atom. The minimum atomic E-state index is -0.758. The molecular formula is C21H24FN5OS. The normalized spacial score (nSPS) is 19.2. The van der Waals surface area contributed by atoms with Crippen molar-refractivity contribution in [3.63, 3.8) is 0 Å². The number of nitrogens with one attached hydrogen (secondary N) is 1. The van der Waals surface area contributed by atoms with Gasteiger partial charge in [0.2, 0.25) is 0 Å². The van der Waals surface area contributed by atoms with Crippen molar-refractivity contribution in [2.75, 3.05) is 11.1 Å². The molecule has 0 radical (unpaired) electrons. The van der Waals surface area contributed by atoms with E-state index in [0.29, 0.717) is 28.5 Å². The first-order valence-electron chi connectivity index (χ1n) is 9.49. The lowest BCUT2D eigenvalue weighted by Gasteiger charge is -2.30. The lowest BCUT2D eigenvalue weighted by molar-refractivity contribution is 0.102. The minimum absolute atomic E-state index is 0.186. The van der Waals surface area contributed by atoms with Crippen molar-refractivity contribution in [1.82, 2.24) is 9.97 Å². The number of unbranched alkanes of at least 4 members (excludes halogenated alkanes) is 1. The maximum absolute atomic E-state index is 14.5. The second kappa shape index (κ2) is 9.17. The summed E-state index contributed by atoms with van der Waals surface area (Å²) < 4.78 is 14.5. The number of amidine groups is 1. The van der Waals surface area contributed by atoms with Gasteiger partial charge < -0.3 is 11.1 Å². The van der Waals surface area contributed by atoms with Gasteiger partial charge in [0.25, 0.3) is 5.91 Å². The summed E-state index contributed by atoms with van der Waals surface area (Å²) in [7, 11) is 0. The Balaban J connectivity index is 1.77. The van der Waals surface area contributed by atoms with E-state index >= 15 is 0 Å². The molecule has 2 aromatic rings. The van der Waals surface area contributed by atoms with Crippen molar-refractivity contribution < 1.29 is 9.18 Å². The number of aliphatic imine (C=N–C) groups is 1. The molecule has 3 rings (SSSR count). The molecule has 0 saturated heterocycles. The van der Waals surface area contributed by atoms with Crippen molar-refractivity contribution in [3.8, 4) is 0 Å². The van der Waals surface area contributed by atoms with Crippen LogP contribution in [-0.2, 0) is 5.54 Å². The predicted octanol–water partition coefficient (Wildman–Crippen LogP) is 4.35. The van der Waals surface area contributed by atoms with Crippen LogP contribution in [0.1, 0.15) is 54.9 Å². The maximum atomic E-state index is 14.5. The van der Waals surface area contributed by atoms with Crippen LogP contribution in [-0.4, -0.2) is 26.8 Å². The average molecular weight is 414 g/mol. The van der Waals surface area contributed by atoms with Gasteiger partial charge in [-0.2, -0.15) is 0 Å². The Labute approximate surface area is 173 Å². The van der Waals surface area contributed by atoms with E-state index in [2.05, 4.69) is 27.2 Å². The number of hydrogen-bond acceptors (Lipinski definition) is 6. The van der Waals surface area contributed by atoms with Crippen molar-refractivity contribution in [3.05, 3.63) is 59.4 Å². The molecule has 3 N–H and O–H groups in total. The van der Waals surface area contributed by atoms with Gasteiger partial charge in [-0.1, -0.05) is 31.2 Å². The SMILES string of the molecule is CCCC=Cc1cnc(C(=O)Nc2ccc(F)c([C@]3(C)CCSC(N)=N3)c2)cn1. The molecule has 152 valence electrons. The van der Waals surface area contributed by atoms with E-state index in [0.717, 1.165) is 18.6 Å². The Kier molecular flexibility index (Phi) is 6.64. The molecule has 8 heteroatoms. The molecule has 1 aliphatic rings. The van der Waals surface area contributed by atoms with Crippen LogP contribution < -0.4 is 11.1 Å². The number of nitrogens with two attached hydrogens (primary N) is 1. The van der Waals surface area contributed by atoms with Gasteiger partial charge in [-0.3, -0.25) is 14.8 Å². The number of carbonyl (C=O) groups is 1. The Bertz CT molecular complexity index is 945. The molecule has 1 aromatic carbocycles. The first kappa shape index (κ1) is 21.0. The highest BCUT2D eigenvalue weighted by Crippen LogP contribution is 2.37. The van der Waals surface area contributed by atoms with E-state index in [4.69, 9.17) is 5.73 Å². The molecule has 0 aliphatic carbocycles. The summed E-state index contributed by atoms with van der Waals surface area (Å²) in [6.45, 7) is 3.94. The van der Waals surface area contributed by atoms with Crippen molar-refractivity contribution in [2.24, 2.45) is 10.7 Å². The molecular weight excluding hydrogens is 389 g/mol. The fourth-order valence-corrected chi connectivity index (χ4v) is 3.98. The predicted molar refractivity (Wildman–Crippen MR) is 116 cm³/mol. The molecule has 6 nitrogen and oxygen atoms in total. The number of nitrogens with zero attached hydrogens (tertiary/aromatic N) is 3. The number of allylic oxidation sites excluding steroid dienone is 1. The first-order chi connectivity index (χ1) is 13.9. The van der Waals surface area contributed by atoms with Crippen molar-refractivity contribution >= 4 is 34.6 Å². The van der Waals surface area contributed by atoms with Crippen molar-refractivity contribution in [2.45, 2.75) is 38.6 Å². The minimum Gasteiger partial charge on any atom is -0.379 e. The van der Waals surface area contributed by atoms with Crippen LogP contribution in [0.15, 0.2) is 41.7 Å². The summed E-state index contributed by atoms with van der Waals surface area (Å²) in [5.74, 6) is -0.0280. The lowest BCUT2D eigenvalue weighted by Crippen LogP contribution is -2.29. The molecule has 1 aliphatic heterocycles. The lowest BCUT2D eigenvalue weighted by atomic mass is 9.89. The molecule has 0 bridgehead atoms. The summed E-state index contributed by atoms with van der Waals surface area (Å²) in [4.78, 5) is 25.4. The van der Waals surface area contributed by atoms with Gasteiger partial charge in [0, 0.05) is 17.0 Å². The van der Waals surface area contributed by atoms with Gasteiger partial charge in [0.1, 0.15) is 11.5 Å². The number of thioether (sulfide) groups is 1. The van der Waals surface area contributed by atoms with Crippen LogP contribution in [0.2, 0.25) is 0 Å². The second-order valence-corrected chi connectivity index (χ2v) is 8.10. The zero-order valence-electron chi connectivity index (χ0n) is 16.5. The molecule has 0 fully saturated rings. The highest BCUT2D eigenvalue weighted by atomic mass is 32.2. The quantitative estimate of drug-likeness (QED) is 0.734. The fourth-order valence-electron chi connectivity index (χ4n) is 3.00. The number of aromatic nitrogens is 2. The number of carbonyl (C=O) groups excluding carboxylic acids is 1. The van der Waals surface area contributed by atoms with Crippen LogP contribution in [0, 0.1) is 5.82 Å². The summed E-state index contributed by atoms with van der Waals surface area (Å²) in [5, 5.41) is 3.19. The van der Waals surface area contributed by atoms with Crippen LogP contribution in [0.4, 0.5) is 10.1 Å². The van der Waals surface area contributed by atoms with Gasteiger partial charge in [-0.25, -0.2) is 9.37 Å². The summed E-state index contributed by atoms with van der Waals surface area (Å²) in [6, 6.07) is 4.45. The largest absolute Gasteiger partial charge is 0.379 e. The number of hydrogen-bond donors (Lipinski definition) is 2. The molecule has 1 aromatic heterocycles. The van der Waals surface area contributed by atoms with E-state index in [1.807, 2.05) is 19.1 Å². The number of benzene rings is 1. The van der Waals surface area contributed by atoms with E-state index in [9.17, 15) is 9.18 Å². The zero-order valence-corrected chi connectivity index (χ0v) is 17.3. The topological polar surface area (TPSA) is 93.3 Å². The Hall–Kier alpha value is -2.74. The molecule has 0 unspecified atom stereocenters. The third kappa shape index (κ3) is 5.20. The Morgan fingerprint density at radius 1 is 1.38 bits per heavy atom. The van der Waals surface area contributed by atoms with Gasteiger partial charge in [0.05, 0.1) is 23.6 Å². The number of halogens is 1. The number of rotatable bonds is 6. The highest BCUT2D eigenvalue weighted by molar-refractivity contribution is 8.13. The van der Waals surface area contributed by atoms with Crippen LogP contribution >= 0.6 is 11.8 Å². The van der Waals surface area contributed by atoms with Gasteiger partial charge in [-0.05, 0) is 44.0 Å². The molecule has 1 amide bonds. The Morgan fingerprint density at radius 2 is 2.21 bits per heavy atom. The summed E-state index contributed by atoms with van der Waals surface area (Å²) in [6.07, 6.45) is 9.55. The maximum Gasteiger partial charge on any atom is 0.275 e. The van der Waals surface area contributed by atoms with E-state index < -0.39 is 11.4 Å². The van der Waals surface area contributed by atoms with E-state index in [1.165, 1.54) is 30.1 Å².